The van der Waals surface area contributed by atoms with E-state index in [4.69, 9.17) is 5.11 Å². The minimum atomic E-state index is -1.10. The van der Waals surface area contributed by atoms with Crippen molar-refractivity contribution in [3.63, 3.8) is 0 Å². The number of carbonyl (C=O) groups excluding carboxylic acids is 1. The van der Waals surface area contributed by atoms with Crippen molar-refractivity contribution in [2.75, 3.05) is 6.61 Å². The number of rotatable bonds is 18. The van der Waals surface area contributed by atoms with Gasteiger partial charge < -0.3 is 9.84 Å². The third-order valence-corrected chi connectivity index (χ3v) is 4.34. The molecule has 0 bridgehead atoms. The fraction of sp³-hybridized carbons (Fsp3) is 0.900. The Morgan fingerprint density at radius 2 is 1.04 bits per heavy atom. The zero-order chi connectivity index (χ0) is 17.9. The third kappa shape index (κ3) is 23.6. The van der Waals surface area contributed by atoms with Crippen LogP contribution in [0.2, 0.25) is 0 Å². The molecule has 0 heterocycles. The van der Waals surface area contributed by atoms with E-state index in [0.29, 0.717) is 6.42 Å². The van der Waals surface area contributed by atoms with Crippen molar-refractivity contribution >= 4 is 11.9 Å². The summed E-state index contributed by atoms with van der Waals surface area (Å²) in [5.74, 6) is -1.49. The molecule has 0 atom stereocenters. The van der Waals surface area contributed by atoms with Crippen molar-refractivity contribution < 1.29 is 38.9 Å². The van der Waals surface area contributed by atoms with Crippen LogP contribution in [0.4, 0.5) is 0 Å². The molecule has 4 nitrogen and oxygen atoms in total. The minimum Gasteiger partial charge on any atom is -0.479 e. The van der Waals surface area contributed by atoms with Crippen LogP contribution in [-0.4, -0.2) is 23.7 Å². The minimum absolute atomic E-state index is 0. The second-order valence-electron chi connectivity index (χ2n) is 6.75. The van der Waals surface area contributed by atoms with Crippen LogP contribution in [-0.2, 0) is 33.8 Å². The van der Waals surface area contributed by atoms with Gasteiger partial charge in [0.15, 0.2) is 6.61 Å². The summed E-state index contributed by atoms with van der Waals surface area (Å²) in [5, 5.41) is 8.39. The van der Waals surface area contributed by atoms with E-state index in [2.05, 4.69) is 11.7 Å². The molecule has 0 unspecified atom stereocenters. The van der Waals surface area contributed by atoms with Gasteiger partial charge in [-0.2, -0.15) is 0 Å². The summed E-state index contributed by atoms with van der Waals surface area (Å²) in [5.41, 5.74) is 0. The van der Waals surface area contributed by atoms with Crippen molar-refractivity contribution in [3.05, 3.63) is 0 Å². The molecule has 0 saturated heterocycles. The molecule has 25 heavy (non-hydrogen) atoms. The third-order valence-electron chi connectivity index (χ3n) is 4.34. The fourth-order valence-corrected chi connectivity index (χ4v) is 2.86. The van der Waals surface area contributed by atoms with Gasteiger partial charge >= 0.3 is 11.9 Å². The molecule has 0 aliphatic heterocycles. The van der Waals surface area contributed by atoms with Crippen LogP contribution < -0.4 is 0 Å². The molecular weight excluding hydrogens is 370 g/mol. The zero-order valence-corrected chi connectivity index (χ0v) is 19.4. The van der Waals surface area contributed by atoms with Crippen LogP contribution in [0, 0.1) is 0 Å². The van der Waals surface area contributed by atoms with E-state index < -0.39 is 18.5 Å². The van der Waals surface area contributed by atoms with Gasteiger partial charge in [-0.3, -0.25) is 4.79 Å². The molecule has 0 amide bonds. The van der Waals surface area contributed by atoms with Gasteiger partial charge in [0.2, 0.25) is 0 Å². The van der Waals surface area contributed by atoms with E-state index in [0.717, 1.165) is 19.3 Å². The Morgan fingerprint density at radius 1 is 0.680 bits per heavy atom. The first-order valence-electron chi connectivity index (χ1n) is 10.0. The summed E-state index contributed by atoms with van der Waals surface area (Å²) in [6, 6.07) is 0. The molecule has 0 radical (unpaired) electrons. The number of ether oxygens (including phenoxy) is 1. The Kier molecular flexibility index (Phi) is 23.2. The largest absolute Gasteiger partial charge is 0.479 e. The molecule has 0 saturated carbocycles. The van der Waals surface area contributed by atoms with E-state index in [-0.39, 0.29) is 19.5 Å². The van der Waals surface area contributed by atoms with Crippen LogP contribution in [0.15, 0.2) is 0 Å². The Morgan fingerprint density at radius 3 is 1.40 bits per heavy atom. The number of carboxylic acids is 1. The topological polar surface area (TPSA) is 63.6 Å². The number of carbonyl (C=O) groups is 2. The van der Waals surface area contributed by atoms with Crippen molar-refractivity contribution in [1.29, 1.82) is 0 Å². The van der Waals surface area contributed by atoms with E-state index in [1.807, 2.05) is 0 Å². The summed E-state index contributed by atoms with van der Waals surface area (Å²) < 4.78 is 4.58. The van der Waals surface area contributed by atoms with Crippen LogP contribution in [0.3, 0.4) is 0 Å². The Hall–Kier alpha value is -0.437. The molecule has 0 aliphatic rings. The van der Waals surface area contributed by atoms with Crippen LogP contribution >= 0.6 is 0 Å². The number of hydrogen-bond donors (Lipinski definition) is 1. The molecular formula is C20H38O4Zn. The summed E-state index contributed by atoms with van der Waals surface area (Å²) >= 11 is 0. The van der Waals surface area contributed by atoms with E-state index in [1.54, 1.807) is 0 Å². The first-order chi connectivity index (χ1) is 11.7. The zero-order valence-electron chi connectivity index (χ0n) is 16.4. The molecule has 0 rings (SSSR count). The predicted molar refractivity (Wildman–Crippen MR) is 98.1 cm³/mol. The SMILES string of the molecule is CCCCCCCCCCCCCCCCCC(=O)OCC(=O)O.[Zn]. The number of unbranched alkanes of at least 4 members (excludes halogenated alkanes) is 14. The summed E-state index contributed by atoms with van der Waals surface area (Å²) in [6.07, 6.45) is 19.7. The maximum absolute atomic E-state index is 11.2. The summed E-state index contributed by atoms with van der Waals surface area (Å²) in [7, 11) is 0. The Balaban J connectivity index is 0. The monoisotopic (exact) mass is 406 g/mol. The average Bonchev–Trinajstić information content (AvgIpc) is 2.56. The Labute approximate surface area is 167 Å². The van der Waals surface area contributed by atoms with Crippen LogP contribution in [0.1, 0.15) is 110 Å². The van der Waals surface area contributed by atoms with Crippen LogP contribution in [0.25, 0.3) is 0 Å². The standard InChI is InChI=1S/C20H38O4.Zn/c1-2-3-4-5-6-7-8-9-10-11-12-13-14-15-16-17-20(23)24-18-19(21)22;/h2-18H2,1H3,(H,21,22);. The molecule has 0 aromatic carbocycles. The van der Waals surface area contributed by atoms with Gasteiger partial charge in [0, 0.05) is 25.9 Å². The molecule has 144 valence electrons. The second-order valence-corrected chi connectivity index (χ2v) is 6.75. The smallest absolute Gasteiger partial charge is 0.341 e. The maximum atomic E-state index is 11.2. The van der Waals surface area contributed by atoms with Crippen molar-refractivity contribution in [1.82, 2.24) is 0 Å². The van der Waals surface area contributed by atoms with Gasteiger partial charge in [-0.05, 0) is 6.42 Å². The quantitative estimate of drug-likeness (QED) is 0.175. The molecule has 5 heteroatoms. The van der Waals surface area contributed by atoms with E-state index >= 15 is 0 Å². The molecule has 0 aromatic heterocycles. The normalized spacial score (nSPS) is 10.3. The molecule has 0 spiro atoms. The van der Waals surface area contributed by atoms with Crippen LogP contribution in [0.5, 0.6) is 0 Å². The number of aliphatic carboxylic acids is 1. The number of carboxylic acid groups (broad SMARTS) is 1. The van der Waals surface area contributed by atoms with Crippen molar-refractivity contribution in [3.8, 4) is 0 Å². The Bertz CT molecular complexity index is 308. The second kappa shape index (κ2) is 21.6. The van der Waals surface area contributed by atoms with Gasteiger partial charge in [0.1, 0.15) is 0 Å². The van der Waals surface area contributed by atoms with Gasteiger partial charge in [0.25, 0.3) is 0 Å². The maximum Gasteiger partial charge on any atom is 0.341 e. The van der Waals surface area contributed by atoms with Gasteiger partial charge in [-0.15, -0.1) is 0 Å². The van der Waals surface area contributed by atoms with Gasteiger partial charge in [-0.25, -0.2) is 4.79 Å². The molecule has 0 aromatic rings. The molecule has 1 N–H and O–H groups in total. The van der Waals surface area contributed by atoms with Crippen molar-refractivity contribution in [2.24, 2.45) is 0 Å². The molecule has 0 aliphatic carbocycles. The first kappa shape index (κ1) is 26.8. The fourth-order valence-electron chi connectivity index (χ4n) is 2.86. The first-order valence-corrected chi connectivity index (χ1v) is 10.0. The van der Waals surface area contributed by atoms with Gasteiger partial charge in [0.05, 0.1) is 0 Å². The van der Waals surface area contributed by atoms with E-state index in [9.17, 15) is 9.59 Å². The molecule has 0 fully saturated rings. The predicted octanol–water partition coefficient (Wildman–Crippen LogP) is 5.87. The summed E-state index contributed by atoms with van der Waals surface area (Å²) in [4.78, 5) is 21.4. The number of hydrogen-bond acceptors (Lipinski definition) is 3. The van der Waals surface area contributed by atoms with E-state index in [1.165, 1.54) is 77.0 Å². The summed E-state index contributed by atoms with van der Waals surface area (Å²) in [6.45, 7) is 1.74. The van der Waals surface area contributed by atoms with Gasteiger partial charge in [-0.1, -0.05) is 96.8 Å². The van der Waals surface area contributed by atoms with Crippen molar-refractivity contribution in [2.45, 2.75) is 110 Å². The average molecular weight is 408 g/mol. The number of esters is 1.